The molecule has 0 atom stereocenters. The van der Waals surface area contributed by atoms with E-state index >= 15 is 0 Å². The van der Waals surface area contributed by atoms with E-state index < -0.39 is 5.97 Å². The summed E-state index contributed by atoms with van der Waals surface area (Å²) in [7, 11) is 0. The van der Waals surface area contributed by atoms with Crippen molar-refractivity contribution in [1.82, 2.24) is 0 Å². The van der Waals surface area contributed by atoms with Crippen LogP contribution in [0.15, 0.2) is 0 Å². The molecule has 1 N–H and O–H groups in total. The Kier molecular flexibility index (Phi) is 22.5. The van der Waals surface area contributed by atoms with Crippen LogP contribution in [0.2, 0.25) is 0 Å². The van der Waals surface area contributed by atoms with Gasteiger partial charge in [0.05, 0.1) is 0 Å². The fourth-order valence-electron chi connectivity index (χ4n) is 0. The third kappa shape index (κ3) is 19.5. The molecule has 0 amide bonds. The van der Waals surface area contributed by atoms with Gasteiger partial charge in [0.2, 0.25) is 0 Å². The molecule has 0 bridgehead atoms. The minimum absolute atomic E-state index is 0. The Bertz CT molecular complexity index is 48.2. The van der Waals surface area contributed by atoms with E-state index in [2.05, 4.69) is 0 Å². The number of hydrogen-bond donors (Lipinski definition) is 1. The van der Waals surface area contributed by atoms with Crippen LogP contribution >= 0.6 is 0 Å². The van der Waals surface area contributed by atoms with Crippen LogP contribution in [-0.4, -0.2) is 11.1 Å². The van der Waals surface area contributed by atoms with Crippen molar-refractivity contribution in [2.75, 3.05) is 0 Å². The second-order valence-corrected chi connectivity index (χ2v) is 0.747. The molecule has 0 aromatic rings. The van der Waals surface area contributed by atoms with Gasteiger partial charge in [0.25, 0.3) is 0 Å². The SMILES string of the molecule is CCC(=O)O.[Zn].[Zr]. The van der Waals surface area contributed by atoms with Gasteiger partial charge >= 0.3 is 5.97 Å². The summed E-state index contributed by atoms with van der Waals surface area (Å²) in [6, 6.07) is 0. The first-order valence-electron chi connectivity index (χ1n) is 1.49. The van der Waals surface area contributed by atoms with E-state index in [-0.39, 0.29) is 52.1 Å². The Morgan fingerprint density at radius 3 is 1.86 bits per heavy atom. The van der Waals surface area contributed by atoms with Gasteiger partial charge in [-0.15, -0.1) is 0 Å². The molecule has 0 rings (SSSR count). The van der Waals surface area contributed by atoms with E-state index in [1.54, 1.807) is 6.92 Å². The standard InChI is InChI=1S/C3H6O2.Zn.Zr/c1-2-3(4)5;;/h2H2,1H3,(H,4,5);;. The smallest absolute Gasteiger partial charge is 0.303 e. The van der Waals surface area contributed by atoms with Crippen LogP contribution in [0.4, 0.5) is 0 Å². The van der Waals surface area contributed by atoms with Crippen LogP contribution in [0, 0.1) is 0 Å². The summed E-state index contributed by atoms with van der Waals surface area (Å²) in [5.41, 5.74) is 0. The molecule has 0 saturated heterocycles. The molecule has 0 heterocycles. The molecule has 2 nitrogen and oxygen atoms in total. The van der Waals surface area contributed by atoms with E-state index in [1.165, 1.54) is 0 Å². The monoisotopic (exact) mass is 228 g/mol. The number of hydrogen-bond acceptors (Lipinski definition) is 1. The number of carboxylic acids is 1. The van der Waals surface area contributed by atoms with Crippen LogP contribution in [0.5, 0.6) is 0 Å². The maximum absolute atomic E-state index is 9.37. The first-order chi connectivity index (χ1) is 2.27. The second kappa shape index (κ2) is 10.1. The van der Waals surface area contributed by atoms with Crippen LogP contribution < -0.4 is 0 Å². The molecule has 4 heteroatoms. The van der Waals surface area contributed by atoms with Crippen molar-refractivity contribution in [1.29, 1.82) is 0 Å². The molecule has 0 aliphatic rings. The number of carbonyl (C=O) groups is 1. The van der Waals surface area contributed by atoms with Crippen LogP contribution in [-0.2, 0) is 50.5 Å². The van der Waals surface area contributed by atoms with Gasteiger partial charge < -0.3 is 5.11 Å². The Hall–Kier alpha value is 0.976. The molecular weight excluding hydrogens is 225 g/mol. The van der Waals surface area contributed by atoms with E-state index in [0.717, 1.165) is 0 Å². The molecule has 0 spiro atoms. The molecule has 0 saturated carbocycles. The van der Waals surface area contributed by atoms with Gasteiger partial charge in [-0.05, 0) is 0 Å². The van der Waals surface area contributed by atoms with Crippen molar-refractivity contribution in [3.8, 4) is 0 Å². The van der Waals surface area contributed by atoms with E-state index in [9.17, 15) is 4.79 Å². The number of carboxylic acid groups (broad SMARTS) is 1. The Labute approximate surface area is 74.6 Å². The average Bonchev–Trinajstić information content (AvgIpc) is 1.38. The van der Waals surface area contributed by atoms with E-state index in [0.29, 0.717) is 0 Å². The fourth-order valence-corrected chi connectivity index (χ4v) is 0. The molecule has 0 aliphatic carbocycles. The van der Waals surface area contributed by atoms with Crippen molar-refractivity contribution in [2.24, 2.45) is 0 Å². The van der Waals surface area contributed by atoms with Gasteiger partial charge in [-0.25, -0.2) is 0 Å². The topological polar surface area (TPSA) is 37.3 Å². The predicted molar refractivity (Wildman–Crippen MR) is 17.9 cm³/mol. The summed E-state index contributed by atoms with van der Waals surface area (Å²) >= 11 is 0. The normalized spacial score (nSPS) is 5.29. The minimum Gasteiger partial charge on any atom is -0.481 e. The first kappa shape index (κ1) is 15.7. The maximum atomic E-state index is 9.37. The molecule has 0 radical (unpaired) electrons. The second-order valence-electron chi connectivity index (χ2n) is 0.747. The molecular formula is C3H6O2ZnZr. The fraction of sp³-hybridized carbons (Fsp3) is 0.667. The first-order valence-corrected chi connectivity index (χ1v) is 1.49. The van der Waals surface area contributed by atoms with Gasteiger partial charge in [0, 0.05) is 52.1 Å². The molecule has 36 valence electrons. The Balaban J connectivity index is -0.0000000800. The van der Waals surface area contributed by atoms with Gasteiger partial charge in [-0.1, -0.05) is 6.92 Å². The van der Waals surface area contributed by atoms with E-state index in [4.69, 9.17) is 5.11 Å². The zero-order chi connectivity index (χ0) is 4.28. The number of aliphatic carboxylic acids is 1. The third-order valence-electron chi connectivity index (χ3n) is 0.302. The largest absolute Gasteiger partial charge is 0.481 e. The van der Waals surface area contributed by atoms with Gasteiger partial charge in [0.15, 0.2) is 0 Å². The van der Waals surface area contributed by atoms with E-state index in [1.807, 2.05) is 0 Å². The van der Waals surface area contributed by atoms with Crippen molar-refractivity contribution in [3.63, 3.8) is 0 Å². The summed E-state index contributed by atoms with van der Waals surface area (Å²) in [4.78, 5) is 9.37. The summed E-state index contributed by atoms with van der Waals surface area (Å²) in [5, 5.41) is 7.72. The van der Waals surface area contributed by atoms with Crippen LogP contribution in [0.25, 0.3) is 0 Å². The summed E-state index contributed by atoms with van der Waals surface area (Å²) in [5.74, 6) is -0.745. The number of rotatable bonds is 1. The molecule has 0 aliphatic heterocycles. The zero-order valence-electron chi connectivity index (χ0n) is 4.27. The van der Waals surface area contributed by atoms with Crippen molar-refractivity contribution >= 4 is 5.97 Å². The molecule has 0 aromatic heterocycles. The molecule has 0 aromatic carbocycles. The summed E-state index contributed by atoms with van der Waals surface area (Å²) in [6.45, 7) is 1.60. The molecule has 7 heavy (non-hydrogen) atoms. The minimum atomic E-state index is -0.745. The van der Waals surface area contributed by atoms with Gasteiger partial charge in [-0.3, -0.25) is 4.79 Å². The Morgan fingerprint density at radius 2 is 1.86 bits per heavy atom. The van der Waals surface area contributed by atoms with Gasteiger partial charge in [0.1, 0.15) is 0 Å². The van der Waals surface area contributed by atoms with Gasteiger partial charge in [-0.2, -0.15) is 0 Å². The zero-order valence-corrected chi connectivity index (χ0v) is 9.69. The Morgan fingerprint density at radius 1 is 1.71 bits per heavy atom. The van der Waals surface area contributed by atoms with Crippen LogP contribution in [0.1, 0.15) is 13.3 Å². The van der Waals surface area contributed by atoms with Crippen LogP contribution in [0.3, 0.4) is 0 Å². The maximum Gasteiger partial charge on any atom is 0.303 e. The predicted octanol–water partition coefficient (Wildman–Crippen LogP) is 0.476. The molecule has 0 fully saturated rings. The quantitative estimate of drug-likeness (QED) is 0.666. The molecule has 0 unspecified atom stereocenters. The van der Waals surface area contributed by atoms with Crippen molar-refractivity contribution < 1.29 is 55.6 Å². The van der Waals surface area contributed by atoms with Crippen molar-refractivity contribution in [2.45, 2.75) is 13.3 Å². The van der Waals surface area contributed by atoms with Crippen molar-refractivity contribution in [3.05, 3.63) is 0 Å². The summed E-state index contributed by atoms with van der Waals surface area (Å²) < 4.78 is 0. The average molecular weight is 231 g/mol. The third-order valence-corrected chi connectivity index (χ3v) is 0.302. The summed E-state index contributed by atoms with van der Waals surface area (Å²) in [6.07, 6.45) is 0.222.